The standard InChI is InChI=1S/C12H16N2O5/c1-4-19-12(15)8(2)13-11-9(14(16)17)6-5-7-10(11)18-3/h5-8,13H,4H2,1-3H3. The van der Waals surface area contributed by atoms with Gasteiger partial charge in [-0.15, -0.1) is 0 Å². The molecule has 7 nitrogen and oxygen atoms in total. The molecule has 0 radical (unpaired) electrons. The summed E-state index contributed by atoms with van der Waals surface area (Å²) >= 11 is 0. The molecule has 1 N–H and O–H groups in total. The molecule has 0 saturated heterocycles. The summed E-state index contributed by atoms with van der Waals surface area (Å²) in [4.78, 5) is 22.0. The van der Waals surface area contributed by atoms with Gasteiger partial charge in [-0.3, -0.25) is 10.1 Å². The van der Waals surface area contributed by atoms with Crippen molar-refractivity contribution in [3.8, 4) is 5.75 Å². The number of carbonyl (C=O) groups is 1. The summed E-state index contributed by atoms with van der Waals surface area (Å²) in [7, 11) is 1.40. The number of esters is 1. The van der Waals surface area contributed by atoms with E-state index >= 15 is 0 Å². The van der Waals surface area contributed by atoms with Crippen LogP contribution < -0.4 is 10.1 Å². The van der Waals surface area contributed by atoms with Crippen LogP contribution in [0.5, 0.6) is 5.75 Å². The Kier molecular flexibility index (Phi) is 5.11. The summed E-state index contributed by atoms with van der Waals surface area (Å²) in [5, 5.41) is 13.7. The Morgan fingerprint density at radius 1 is 1.53 bits per heavy atom. The highest BCUT2D eigenvalue weighted by Crippen LogP contribution is 2.34. The zero-order valence-electron chi connectivity index (χ0n) is 11.0. The number of nitro benzene ring substituents is 1. The fourth-order valence-electron chi connectivity index (χ4n) is 1.53. The Balaban J connectivity index is 3.04. The number of methoxy groups -OCH3 is 1. The molecule has 0 aliphatic rings. The molecule has 0 heterocycles. The predicted octanol–water partition coefficient (Wildman–Crippen LogP) is 1.97. The molecule has 0 fully saturated rings. The fourth-order valence-corrected chi connectivity index (χ4v) is 1.53. The van der Waals surface area contributed by atoms with Crippen LogP contribution in [0.4, 0.5) is 11.4 Å². The zero-order chi connectivity index (χ0) is 14.4. The van der Waals surface area contributed by atoms with Crippen LogP contribution in [-0.2, 0) is 9.53 Å². The number of nitro groups is 1. The summed E-state index contributed by atoms with van der Waals surface area (Å²) in [6, 6.07) is 3.71. The predicted molar refractivity (Wildman–Crippen MR) is 69.4 cm³/mol. The third-order valence-electron chi connectivity index (χ3n) is 2.42. The van der Waals surface area contributed by atoms with Gasteiger partial charge in [-0.05, 0) is 19.9 Å². The van der Waals surface area contributed by atoms with Crippen molar-refractivity contribution in [1.29, 1.82) is 0 Å². The number of anilines is 1. The van der Waals surface area contributed by atoms with Crippen molar-refractivity contribution >= 4 is 17.3 Å². The number of benzene rings is 1. The van der Waals surface area contributed by atoms with E-state index in [0.717, 1.165) is 0 Å². The lowest BCUT2D eigenvalue weighted by Crippen LogP contribution is -2.28. The van der Waals surface area contributed by atoms with E-state index in [1.807, 2.05) is 0 Å². The van der Waals surface area contributed by atoms with Crippen LogP contribution in [-0.4, -0.2) is 30.7 Å². The first-order valence-electron chi connectivity index (χ1n) is 5.75. The van der Waals surface area contributed by atoms with E-state index in [-0.39, 0.29) is 18.0 Å². The van der Waals surface area contributed by atoms with Gasteiger partial charge in [-0.1, -0.05) is 6.07 Å². The third kappa shape index (κ3) is 3.57. The average molecular weight is 268 g/mol. The molecular weight excluding hydrogens is 252 g/mol. The van der Waals surface area contributed by atoms with Crippen LogP contribution in [0.3, 0.4) is 0 Å². The van der Waals surface area contributed by atoms with Gasteiger partial charge >= 0.3 is 5.97 Å². The minimum atomic E-state index is -0.713. The highest BCUT2D eigenvalue weighted by Gasteiger charge is 2.23. The van der Waals surface area contributed by atoms with Crippen LogP contribution in [0.25, 0.3) is 0 Å². The minimum Gasteiger partial charge on any atom is -0.494 e. The molecule has 0 aliphatic heterocycles. The van der Waals surface area contributed by atoms with E-state index in [4.69, 9.17) is 9.47 Å². The molecule has 0 amide bonds. The van der Waals surface area contributed by atoms with E-state index in [1.54, 1.807) is 19.9 Å². The van der Waals surface area contributed by atoms with Crippen LogP contribution in [0.15, 0.2) is 18.2 Å². The molecule has 1 aromatic rings. The molecule has 104 valence electrons. The van der Waals surface area contributed by atoms with Gasteiger partial charge in [-0.25, -0.2) is 4.79 Å². The maximum Gasteiger partial charge on any atom is 0.328 e. The summed E-state index contributed by atoms with van der Waals surface area (Å²) in [5.74, 6) is -0.187. The van der Waals surface area contributed by atoms with Gasteiger partial charge in [0, 0.05) is 6.07 Å². The number of carbonyl (C=O) groups excluding carboxylic acids is 1. The zero-order valence-corrected chi connectivity index (χ0v) is 11.0. The molecular formula is C12H16N2O5. The highest BCUT2D eigenvalue weighted by atomic mass is 16.6. The number of hydrogen-bond donors (Lipinski definition) is 1. The van der Waals surface area contributed by atoms with Crippen molar-refractivity contribution in [2.24, 2.45) is 0 Å². The summed E-state index contributed by atoms with van der Waals surface area (Å²) in [5.41, 5.74) is 0.00560. The summed E-state index contributed by atoms with van der Waals surface area (Å²) in [6.07, 6.45) is 0. The lowest BCUT2D eigenvalue weighted by atomic mass is 10.2. The van der Waals surface area contributed by atoms with E-state index in [2.05, 4.69) is 5.32 Å². The van der Waals surface area contributed by atoms with E-state index < -0.39 is 16.9 Å². The molecule has 7 heteroatoms. The Bertz CT molecular complexity index is 475. The average Bonchev–Trinajstić information content (AvgIpc) is 2.38. The van der Waals surface area contributed by atoms with E-state index in [1.165, 1.54) is 19.2 Å². The van der Waals surface area contributed by atoms with E-state index in [9.17, 15) is 14.9 Å². The Morgan fingerprint density at radius 3 is 2.74 bits per heavy atom. The monoisotopic (exact) mass is 268 g/mol. The second-order valence-electron chi connectivity index (χ2n) is 3.73. The van der Waals surface area contributed by atoms with Crippen LogP contribution in [0.1, 0.15) is 13.8 Å². The van der Waals surface area contributed by atoms with Gasteiger partial charge in [0.15, 0.2) is 5.69 Å². The first-order valence-corrected chi connectivity index (χ1v) is 5.75. The Labute approximate surface area is 110 Å². The van der Waals surface area contributed by atoms with Gasteiger partial charge < -0.3 is 14.8 Å². The SMILES string of the molecule is CCOC(=O)C(C)Nc1c(OC)cccc1[N+](=O)[O-]. The van der Waals surface area contributed by atoms with Crippen molar-refractivity contribution in [1.82, 2.24) is 0 Å². The number of nitrogens with zero attached hydrogens (tertiary/aromatic N) is 1. The third-order valence-corrected chi connectivity index (χ3v) is 2.42. The lowest BCUT2D eigenvalue weighted by molar-refractivity contribution is -0.384. The lowest BCUT2D eigenvalue weighted by Gasteiger charge is -2.16. The second kappa shape index (κ2) is 6.58. The van der Waals surface area contributed by atoms with Gasteiger partial charge in [-0.2, -0.15) is 0 Å². The smallest absolute Gasteiger partial charge is 0.328 e. The number of para-hydroxylation sites is 1. The van der Waals surface area contributed by atoms with Crippen molar-refractivity contribution in [2.75, 3.05) is 19.0 Å². The molecule has 1 aromatic carbocycles. The first-order chi connectivity index (χ1) is 9.01. The second-order valence-corrected chi connectivity index (χ2v) is 3.73. The largest absolute Gasteiger partial charge is 0.494 e. The van der Waals surface area contributed by atoms with Gasteiger partial charge in [0.1, 0.15) is 11.8 Å². The molecule has 19 heavy (non-hydrogen) atoms. The molecule has 0 aliphatic carbocycles. The van der Waals surface area contributed by atoms with Crippen molar-refractivity contribution in [3.05, 3.63) is 28.3 Å². The summed E-state index contributed by atoms with van der Waals surface area (Å²) in [6.45, 7) is 3.50. The fraction of sp³-hybridized carbons (Fsp3) is 0.417. The maximum atomic E-state index is 11.5. The van der Waals surface area contributed by atoms with Crippen LogP contribution in [0.2, 0.25) is 0 Å². The number of rotatable bonds is 6. The number of hydrogen-bond acceptors (Lipinski definition) is 6. The van der Waals surface area contributed by atoms with E-state index in [0.29, 0.717) is 5.75 Å². The van der Waals surface area contributed by atoms with Gasteiger partial charge in [0.05, 0.1) is 18.6 Å². The molecule has 0 bridgehead atoms. The molecule has 0 saturated carbocycles. The molecule has 1 unspecified atom stereocenters. The Morgan fingerprint density at radius 2 is 2.21 bits per heavy atom. The summed E-state index contributed by atoms with van der Waals surface area (Å²) < 4.78 is 9.90. The Hall–Kier alpha value is -2.31. The van der Waals surface area contributed by atoms with Crippen LogP contribution >= 0.6 is 0 Å². The van der Waals surface area contributed by atoms with Gasteiger partial charge in [0.2, 0.25) is 0 Å². The van der Waals surface area contributed by atoms with Crippen LogP contribution in [0, 0.1) is 10.1 Å². The molecule has 0 aromatic heterocycles. The van der Waals surface area contributed by atoms with Crippen molar-refractivity contribution in [3.63, 3.8) is 0 Å². The molecule has 1 atom stereocenters. The molecule has 0 spiro atoms. The topological polar surface area (TPSA) is 90.7 Å². The molecule has 1 rings (SSSR count). The highest BCUT2D eigenvalue weighted by molar-refractivity contribution is 5.82. The van der Waals surface area contributed by atoms with Crippen molar-refractivity contribution in [2.45, 2.75) is 19.9 Å². The maximum absolute atomic E-state index is 11.5. The minimum absolute atomic E-state index is 0.157. The number of nitrogens with one attached hydrogen (secondary N) is 1. The quantitative estimate of drug-likeness (QED) is 0.482. The van der Waals surface area contributed by atoms with Gasteiger partial charge in [0.25, 0.3) is 5.69 Å². The number of ether oxygens (including phenoxy) is 2. The van der Waals surface area contributed by atoms with Crippen molar-refractivity contribution < 1.29 is 19.2 Å². The first kappa shape index (κ1) is 14.7. The normalized spacial score (nSPS) is 11.5.